The predicted octanol–water partition coefficient (Wildman–Crippen LogP) is 2.10. The summed E-state index contributed by atoms with van der Waals surface area (Å²) in [5.74, 6) is 1.41. The van der Waals surface area contributed by atoms with Gasteiger partial charge in [-0.15, -0.1) is 0 Å². The molecule has 1 aliphatic heterocycles. The lowest BCUT2D eigenvalue weighted by Gasteiger charge is -2.13. The van der Waals surface area contributed by atoms with Crippen LogP contribution in [-0.4, -0.2) is 32.4 Å². The van der Waals surface area contributed by atoms with Gasteiger partial charge in [0.1, 0.15) is 18.4 Å². The van der Waals surface area contributed by atoms with E-state index in [1.165, 1.54) is 12.8 Å². The maximum absolute atomic E-state index is 5.83. The van der Waals surface area contributed by atoms with Crippen LogP contribution in [-0.2, 0) is 4.74 Å². The van der Waals surface area contributed by atoms with Gasteiger partial charge in [-0.05, 0) is 37.1 Å². The molecule has 2 N–H and O–H groups in total. The molecule has 4 heteroatoms. The molecule has 106 valence electrons. The van der Waals surface area contributed by atoms with Gasteiger partial charge in [-0.3, -0.25) is 0 Å². The first-order valence-electron chi connectivity index (χ1n) is 7.05. The maximum atomic E-state index is 5.83. The van der Waals surface area contributed by atoms with Crippen LogP contribution in [0.3, 0.4) is 0 Å². The number of nitrogens with two attached hydrogens (primary N) is 1. The third kappa shape index (κ3) is 5.39. The Morgan fingerprint density at radius 1 is 1.42 bits per heavy atom. The Hall–Kier alpha value is -0.770. The number of quaternary nitrogens is 1. The van der Waals surface area contributed by atoms with E-state index in [4.69, 9.17) is 21.1 Å². The first-order valence-corrected chi connectivity index (χ1v) is 7.43. The van der Waals surface area contributed by atoms with Gasteiger partial charge in [0.25, 0.3) is 0 Å². The Labute approximate surface area is 120 Å². The van der Waals surface area contributed by atoms with Crippen molar-refractivity contribution in [2.24, 2.45) is 5.92 Å². The SMILES string of the molecule is C[C@@H](C[NH2+]C[C@@H]1CCCO1)COc1ccc(Cl)cc1. The number of benzene rings is 1. The monoisotopic (exact) mass is 284 g/mol. The van der Waals surface area contributed by atoms with Gasteiger partial charge < -0.3 is 14.8 Å². The van der Waals surface area contributed by atoms with Crippen molar-refractivity contribution in [2.75, 3.05) is 26.3 Å². The minimum absolute atomic E-state index is 0.462. The molecule has 0 saturated carbocycles. The van der Waals surface area contributed by atoms with Gasteiger partial charge in [0.15, 0.2) is 0 Å². The summed E-state index contributed by atoms with van der Waals surface area (Å²) in [4.78, 5) is 0. The molecule has 1 aliphatic rings. The summed E-state index contributed by atoms with van der Waals surface area (Å²) in [6, 6.07) is 7.52. The van der Waals surface area contributed by atoms with E-state index in [0.29, 0.717) is 12.0 Å². The Kier molecular flexibility index (Phi) is 5.95. The fourth-order valence-corrected chi connectivity index (χ4v) is 2.36. The average molecular weight is 285 g/mol. The standard InChI is InChI=1S/C15H22ClNO2/c1-12(9-17-10-15-3-2-8-18-15)11-19-14-6-4-13(16)5-7-14/h4-7,12,15,17H,2-3,8-11H2,1H3/p+1/t12-,15-/m0/s1. The summed E-state index contributed by atoms with van der Waals surface area (Å²) in [6.07, 6.45) is 2.89. The zero-order valence-electron chi connectivity index (χ0n) is 11.5. The molecule has 2 rings (SSSR count). The molecule has 0 aromatic heterocycles. The first kappa shape index (κ1) is 14.6. The molecule has 1 saturated heterocycles. The Morgan fingerprint density at radius 3 is 2.89 bits per heavy atom. The summed E-state index contributed by atoms with van der Waals surface area (Å²) in [5, 5.41) is 3.08. The third-order valence-corrected chi connectivity index (χ3v) is 3.62. The van der Waals surface area contributed by atoms with Gasteiger partial charge in [0.05, 0.1) is 13.2 Å². The largest absolute Gasteiger partial charge is 0.493 e. The number of hydrogen-bond acceptors (Lipinski definition) is 2. The molecule has 0 spiro atoms. The summed E-state index contributed by atoms with van der Waals surface area (Å²) in [5.41, 5.74) is 0. The fourth-order valence-electron chi connectivity index (χ4n) is 2.23. The molecular formula is C15H23ClNO2+. The number of ether oxygens (including phenoxy) is 2. The van der Waals surface area contributed by atoms with Crippen molar-refractivity contribution in [3.8, 4) is 5.75 Å². The maximum Gasteiger partial charge on any atom is 0.119 e. The fraction of sp³-hybridized carbons (Fsp3) is 0.600. The summed E-state index contributed by atoms with van der Waals surface area (Å²) in [6.45, 7) is 6.04. The van der Waals surface area contributed by atoms with Crippen LogP contribution in [0.2, 0.25) is 5.02 Å². The summed E-state index contributed by atoms with van der Waals surface area (Å²) in [7, 11) is 0. The quantitative estimate of drug-likeness (QED) is 0.832. The Bertz CT molecular complexity index is 363. The highest BCUT2D eigenvalue weighted by Gasteiger charge is 2.17. The predicted molar refractivity (Wildman–Crippen MR) is 76.7 cm³/mol. The average Bonchev–Trinajstić information content (AvgIpc) is 2.91. The van der Waals surface area contributed by atoms with Crippen molar-refractivity contribution in [1.82, 2.24) is 0 Å². The van der Waals surface area contributed by atoms with Gasteiger partial charge in [-0.1, -0.05) is 18.5 Å². The van der Waals surface area contributed by atoms with Crippen LogP contribution >= 0.6 is 11.6 Å². The second-order valence-electron chi connectivity index (χ2n) is 5.27. The molecule has 1 aromatic carbocycles. The second-order valence-corrected chi connectivity index (χ2v) is 5.70. The lowest BCUT2D eigenvalue weighted by atomic mass is 10.2. The number of hydrogen-bond donors (Lipinski definition) is 1. The second kappa shape index (κ2) is 7.73. The van der Waals surface area contributed by atoms with Crippen molar-refractivity contribution >= 4 is 11.6 Å². The lowest BCUT2D eigenvalue weighted by molar-refractivity contribution is -0.665. The molecule has 19 heavy (non-hydrogen) atoms. The van der Waals surface area contributed by atoms with Crippen molar-refractivity contribution in [3.05, 3.63) is 29.3 Å². The van der Waals surface area contributed by atoms with Crippen LogP contribution < -0.4 is 10.1 Å². The van der Waals surface area contributed by atoms with Crippen molar-refractivity contribution in [3.63, 3.8) is 0 Å². The zero-order valence-corrected chi connectivity index (χ0v) is 12.2. The van der Waals surface area contributed by atoms with E-state index >= 15 is 0 Å². The number of rotatable bonds is 7. The van der Waals surface area contributed by atoms with E-state index in [-0.39, 0.29) is 0 Å². The summed E-state index contributed by atoms with van der Waals surface area (Å²) >= 11 is 5.83. The molecular weight excluding hydrogens is 262 g/mol. The lowest BCUT2D eigenvalue weighted by Crippen LogP contribution is -2.87. The van der Waals surface area contributed by atoms with E-state index in [0.717, 1.165) is 37.1 Å². The number of halogens is 1. The molecule has 3 nitrogen and oxygen atoms in total. The molecule has 0 unspecified atom stereocenters. The highest BCUT2D eigenvalue weighted by molar-refractivity contribution is 6.30. The molecule has 1 heterocycles. The minimum Gasteiger partial charge on any atom is -0.493 e. The normalized spacial score (nSPS) is 20.4. The first-order chi connectivity index (χ1) is 9.24. The van der Waals surface area contributed by atoms with E-state index < -0.39 is 0 Å². The minimum atomic E-state index is 0.462. The van der Waals surface area contributed by atoms with Crippen molar-refractivity contribution in [1.29, 1.82) is 0 Å². The van der Waals surface area contributed by atoms with Crippen LogP contribution in [0.25, 0.3) is 0 Å². The topological polar surface area (TPSA) is 35.1 Å². The highest BCUT2D eigenvalue weighted by Crippen LogP contribution is 2.16. The smallest absolute Gasteiger partial charge is 0.119 e. The van der Waals surface area contributed by atoms with Crippen molar-refractivity contribution in [2.45, 2.75) is 25.9 Å². The van der Waals surface area contributed by atoms with E-state index in [1.807, 2.05) is 24.3 Å². The van der Waals surface area contributed by atoms with E-state index in [2.05, 4.69) is 12.2 Å². The molecule has 0 aliphatic carbocycles. The van der Waals surface area contributed by atoms with E-state index in [1.54, 1.807) is 0 Å². The van der Waals surface area contributed by atoms with Gasteiger partial charge >= 0.3 is 0 Å². The molecule has 1 fully saturated rings. The summed E-state index contributed by atoms with van der Waals surface area (Å²) < 4.78 is 11.3. The molecule has 0 bridgehead atoms. The Morgan fingerprint density at radius 2 is 2.21 bits per heavy atom. The molecule has 0 amide bonds. The molecule has 1 aromatic rings. The van der Waals surface area contributed by atoms with E-state index in [9.17, 15) is 0 Å². The third-order valence-electron chi connectivity index (χ3n) is 3.37. The van der Waals surface area contributed by atoms with Crippen LogP contribution in [0.4, 0.5) is 0 Å². The van der Waals surface area contributed by atoms with Gasteiger partial charge in [0.2, 0.25) is 0 Å². The van der Waals surface area contributed by atoms with Gasteiger partial charge in [-0.2, -0.15) is 0 Å². The van der Waals surface area contributed by atoms with Crippen LogP contribution in [0.15, 0.2) is 24.3 Å². The van der Waals surface area contributed by atoms with Crippen LogP contribution in [0.1, 0.15) is 19.8 Å². The van der Waals surface area contributed by atoms with Gasteiger partial charge in [0, 0.05) is 17.5 Å². The molecule has 2 atom stereocenters. The zero-order chi connectivity index (χ0) is 13.5. The van der Waals surface area contributed by atoms with Crippen LogP contribution in [0.5, 0.6) is 5.75 Å². The van der Waals surface area contributed by atoms with Crippen LogP contribution in [0, 0.1) is 5.92 Å². The molecule has 0 radical (unpaired) electrons. The van der Waals surface area contributed by atoms with Gasteiger partial charge in [-0.25, -0.2) is 0 Å². The van der Waals surface area contributed by atoms with Crippen molar-refractivity contribution < 1.29 is 14.8 Å². The highest BCUT2D eigenvalue weighted by atomic mass is 35.5. The Balaban J connectivity index is 1.58.